The smallest absolute Gasteiger partial charge is 0.228 e. The highest BCUT2D eigenvalue weighted by molar-refractivity contribution is 4.92. The summed E-state index contributed by atoms with van der Waals surface area (Å²) >= 11 is 0. The summed E-state index contributed by atoms with van der Waals surface area (Å²) in [6.07, 6.45) is 5.36. The highest BCUT2D eigenvalue weighted by Gasteiger charge is 2.20. The standard InChI is InChI=1S/C15H27N3O2/c1-4-16-13(11(2)3)10-15-17-14(18-20-15)9-12-7-5-6-8-19-12/h11-13,16H,4-10H2,1-3H3. The average molecular weight is 281 g/mol. The fourth-order valence-corrected chi connectivity index (χ4v) is 2.62. The molecule has 0 radical (unpaired) electrons. The van der Waals surface area contributed by atoms with E-state index in [1.54, 1.807) is 0 Å². The van der Waals surface area contributed by atoms with E-state index in [-0.39, 0.29) is 6.10 Å². The zero-order valence-electron chi connectivity index (χ0n) is 12.9. The topological polar surface area (TPSA) is 60.2 Å². The second-order valence-corrected chi connectivity index (χ2v) is 5.91. The fourth-order valence-electron chi connectivity index (χ4n) is 2.62. The third-order valence-electron chi connectivity index (χ3n) is 3.86. The minimum Gasteiger partial charge on any atom is -0.378 e. The molecule has 1 saturated heterocycles. The van der Waals surface area contributed by atoms with Crippen molar-refractivity contribution in [3.63, 3.8) is 0 Å². The predicted octanol–water partition coefficient (Wildman–Crippen LogP) is 2.36. The lowest BCUT2D eigenvalue weighted by Gasteiger charge is -2.21. The van der Waals surface area contributed by atoms with Crippen LogP contribution in [0.4, 0.5) is 0 Å². The fraction of sp³-hybridized carbons (Fsp3) is 0.867. The van der Waals surface area contributed by atoms with E-state index in [1.807, 2.05) is 0 Å². The molecule has 0 spiro atoms. The maximum absolute atomic E-state index is 5.72. The van der Waals surface area contributed by atoms with Gasteiger partial charge in [-0.3, -0.25) is 0 Å². The molecule has 2 atom stereocenters. The van der Waals surface area contributed by atoms with Gasteiger partial charge >= 0.3 is 0 Å². The molecule has 5 nitrogen and oxygen atoms in total. The predicted molar refractivity (Wildman–Crippen MR) is 77.6 cm³/mol. The Morgan fingerprint density at radius 3 is 2.85 bits per heavy atom. The Kier molecular flexibility index (Phi) is 5.98. The van der Waals surface area contributed by atoms with E-state index in [0.29, 0.717) is 12.0 Å². The molecule has 0 aliphatic carbocycles. The van der Waals surface area contributed by atoms with Gasteiger partial charge in [-0.25, -0.2) is 0 Å². The van der Waals surface area contributed by atoms with Crippen molar-refractivity contribution in [1.82, 2.24) is 15.5 Å². The summed E-state index contributed by atoms with van der Waals surface area (Å²) in [4.78, 5) is 4.51. The van der Waals surface area contributed by atoms with Crippen molar-refractivity contribution < 1.29 is 9.26 Å². The molecule has 1 N–H and O–H groups in total. The van der Waals surface area contributed by atoms with E-state index in [1.165, 1.54) is 12.8 Å². The van der Waals surface area contributed by atoms with Crippen LogP contribution in [0.1, 0.15) is 51.7 Å². The molecule has 1 aliphatic heterocycles. The van der Waals surface area contributed by atoms with Crippen LogP contribution in [-0.4, -0.2) is 35.4 Å². The summed E-state index contributed by atoms with van der Waals surface area (Å²) in [5, 5.41) is 7.56. The summed E-state index contributed by atoms with van der Waals surface area (Å²) in [5.74, 6) is 2.06. The number of aromatic nitrogens is 2. The van der Waals surface area contributed by atoms with Gasteiger partial charge in [-0.1, -0.05) is 25.9 Å². The number of hydrogen-bond donors (Lipinski definition) is 1. The van der Waals surface area contributed by atoms with Gasteiger partial charge in [-0.15, -0.1) is 0 Å². The van der Waals surface area contributed by atoms with E-state index in [2.05, 4.69) is 36.2 Å². The van der Waals surface area contributed by atoms with Crippen molar-refractivity contribution in [1.29, 1.82) is 0 Å². The van der Waals surface area contributed by atoms with Crippen molar-refractivity contribution >= 4 is 0 Å². The van der Waals surface area contributed by atoms with Gasteiger partial charge in [0.2, 0.25) is 5.89 Å². The van der Waals surface area contributed by atoms with Crippen LogP contribution in [0.3, 0.4) is 0 Å². The van der Waals surface area contributed by atoms with Crippen LogP contribution in [0, 0.1) is 5.92 Å². The third-order valence-corrected chi connectivity index (χ3v) is 3.86. The molecule has 0 aromatic carbocycles. The van der Waals surface area contributed by atoms with Gasteiger partial charge in [-0.2, -0.15) is 4.98 Å². The zero-order valence-corrected chi connectivity index (χ0v) is 12.9. The van der Waals surface area contributed by atoms with E-state index < -0.39 is 0 Å². The van der Waals surface area contributed by atoms with Crippen LogP contribution in [0.25, 0.3) is 0 Å². The maximum atomic E-state index is 5.72. The number of likely N-dealkylation sites (N-methyl/N-ethyl adjacent to an activating group) is 1. The van der Waals surface area contributed by atoms with Crippen LogP contribution in [0.2, 0.25) is 0 Å². The molecular weight excluding hydrogens is 254 g/mol. The minimum absolute atomic E-state index is 0.267. The Bertz CT molecular complexity index is 386. The van der Waals surface area contributed by atoms with Gasteiger partial charge in [-0.05, 0) is 31.7 Å². The molecular formula is C15H27N3O2. The molecule has 5 heteroatoms. The minimum atomic E-state index is 0.267. The first-order valence-corrected chi connectivity index (χ1v) is 7.85. The lowest BCUT2D eigenvalue weighted by Crippen LogP contribution is -2.35. The molecule has 0 saturated carbocycles. The lowest BCUT2D eigenvalue weighted by molar-refractivity contribution is 0.0153. The van der Waals surface area contributed by atoms with E-state index in [9.17, 15) is 0 Å². The highest BCUT2D eigenvalue weighted by Crippen LogP contribution is 2.16. The molecule has 0 amide bonds. The Morgan fingerprint density at radius 2 is 2.20 bits per heavy atom. The van der Waals surface area contributed by atoms with Crippen LogP contribution >= 0.6 is 0 Å². The Labute approximate surface area is 121 Å². The van der Waals surface area contributed by atoms with Gasteiger partial charge < -0.3 is 14.6 Å². The van der Waals surface area contributed by atoms with Gasteiger partial charge in [0.15, 0.2) is 5.82 Å². The zero-order chi connectivity index (χ0) is 14.4. The van der Waals surface area contributed by atoms with Gasteiger partial charge in [0.05, 0.1) is 6.10 Å². The number of ether oxygens (including phenoxy) is 1. The Balaban J connectivity index is 1.87. The van der Waals surface area contributed by atoms with E-state index in [0.717, 1.165) is 44.1 Å². The molecule has 1 aromatic rings. The van der Waals surface area contributed by atoms with Crippen molar-refractivity contribution in [3.05, 3.63) is 11.7 Å². The van der Waals surface area contributed by atoms with Crippen molar-refractivity contribution in [2.45, 2.75) is 65.0 Å². The molecule has 20 heavy (non-hydrogen) atoms. The molecule has 1 aliphatic rings. The maximum Gasteiger partial charge on any atom is 0.228 e. The molecule has 114 valence electrons. The van der Waals surface area contributed by atoms with Crippen LogP contribution in [0.15, 0.2) is 4.52 Å². The third kappa shape index (κ3) is 4.56. The largest absolute Gasteiger partial charge is 0.378 e. The van der Waals surface area contributed by atoms with Gasteiger partial charge in [0, 0.05) is 25.5 Å². The quantitative estimate of drug-likeness (QED) is 0.831. The normalized spacial score (nSPS) is 21.3. The average Bonchev–Trinajstić information content (AvgIpc) is 2.86. The molecule has 0 bridgehead atoms. The number of nitrogens with one attached hydrogen (secondary N) is 1. The Hall–Kier alpha value is -0.940. The second-order valence-electron chi connectivity index (χ2n) is 5.91. The monoisotopic (exact) mass is 281 g/mol. The summed E-state index contributed by atoms with van der Waals surface area (Å²) < 4.78 is 11.1. The summed E-state index contributed by atoms with van der Waals surface area (Å²) in [7, 11) is 0. The molecule has 2 rings (SSSR count). The molecule has 2 unspecified atom stereocenters. The molecule has 2 heterocycles. The SMILES string of the molecule is CCNC(Cc1nc(CC2CCCCO2)no1)C(C)C. The molecule has 1 fully saturated rings. The lowest BCUT2D eigenvalue weighted by atomic mass is 10.0. The van der Waals surface area contributed by atoms with Crippen LogP contribution < -0.4 is 5.32 Å². The van der Waals surface area contributed by atoms with Crippen molar-refractivity contribution in [2.75, 3.05) is 13.2 Å². The molecule has 1 aromatic heterocycles. The van der Waals surface area contributed by atoms with Crippen LogP contribution in [-0.2, 0) is 17.6 Å². The highest BCUT2D eigenvalue weighted by atomic mass is 16.5. The first-order valence-electron chi connectivity index (χ1n) is 7.85. The van der Waals surface area contributed by atoms with Crippen LogP contribution in [0.5, 0.6) is 0 Å². The van der Waals surface area contributed by atoms with E-state index >= 15 is 0 Å². The Morgan fingerprint density at radius 1 is 1.35 bits per heavy atom. The van der Waals surface area contributed by atoms with Gasteiger partial charge in [0.1, 0.15) is 0 Å². The summed E-state index contributed by atoms with van der Waals surface area (Å²) in [6.45, 7) is 8.36. The number of hydrogen-bond acceptors (Lipinski definition) is 5. The first-order chi connectivity index (χ1) is 9.69. The van der Waals surface area contributed by atoms with Crippen molar-refractivity contribution in [3.8, 4) is 0 Å². The van der Waals surface area contributed by atoms with E-state index in [4.69, 9.17) is 9.26 Å². The number of nitrogens with zero attached hydrogens (tertiary/aromatic N) is 2. The summed E-state index contributed by atoms with van der Waals surface area (Å²) in [6, 6.07) is 0.388. The second kappa shape index (κ2) is 7.74. The number of rotatable bonds is 7. The van der Waals surface area contributed by atoms with Gasteiger partial charge in [0.25, 0.3) is 0 Å². The first kappa shape index (κ1) is 15.4. The summed E-state index contributed by atoms with van der Waals surface area (Å²) in [5.41, 5.74) is 0. The van der Waals surface area contributed by atoms with Crippen molar-refractivity contribution in [2.24, 2.45) is 5.92 Å².